The summed E-state index contributed by atoms with van der Waals surface area (Å²) in [6.45, 7) is 6.56. The van der Waals surface area contributed by atoms with Gasteiger partial charge in [0, 0.05) is 11.4 Å². The van der Waals surface area contributed by atoms with Crippen molar-refractivity contribution in [1.29, 1.82) is 0 Å². The minimum Gasteiger partial charge on any atom is -0.399 e. The fraction of sp³-hybridized carbons (Fsp3) is 0.588. The maximum Gasteiger partial charge on any atom is 0.250 e. The minimum absolute atomic E-state index is 0.109. The van der Waals surface area contributed by atoms with Crippen LogP contribution in [0.1, 0.15) is 38.7 Å². The first kappa shape index (κ1) is 15.8. The molecule has 0 aromatic heterocycles. The Labute approximate surface area is 127 Å². The lowest BCUT2D eigenvalue weighted by Gasteiger charge is -2.31. The molecule has 1 aliphatic carbocycles. The van der Waals surface area contributed by atoms with Gasteiger partial charge in [-0.2, -0.15) is 0 Å². The molecule has 2 unspecified atom stereocenters. The van der Waals surface area contributed by atoms with Gasteiger partial charge in [0.25, 0.3) is 0 Å². The zero-order valence-corrected chi connectivity index (χ0v) is 13.2. The van der Waals surface area contributed by atoms with Crippen LogP contribution in [0.4, 0.5) is 11.4 Å². The molecule has 1 aliphatic rings. The Morgan fingerprint density at radius 2 is 1.95 bits per heavy atom. The summed E-state index contributed by atoms with van der Waals surface area (Å²) in [7, 11) is 0. The van der Waals surface area contributed by atoms with Crippen molar-refractivity contribution < 1.29 is 9.53 Å². The SMILES string of the molecule is Cc1ccc(N)cc1NC(=O)COC1CC(C)CC(C)C1. The third-order valence-electron chi connectivity index (χ3n) is 4.12. The number of nitrogens with two attached hydrogens (primary N) is 1. The van der Waals surface area contributed by atoms with E-state index in [-0.39, 0.29) is 18.6 Å². The molecule has 1 amide bonds. The molecular formula is C17H26N2O2. The average Bonchev–Trinajstić information content (AvgIpc) is 2.40. The monoisotopic (exact) mass is 290 g/mol. The van der Waals surface area contributed by atoms with E-state index in [0.717, 1.165) is 24.1 Å². The van der Waals surface area contributed by atoms with Crippen LogP contribution < -0.4 is 11.1 Å². The number of carbonyl (C=O) groups is 1. The first-order chi connectivity index (χ1) is 9.94. The summed E-state index contributed by atoms with van der Waals surface area (Å²) in [6.07, 6.45) is 3.56. The van der Waals surface area contributed by atoms with E-state index in [0.29, 0.717) is 17.5 Å². The molecule has 116 valence electrons. The summed E-state index contributed by atoms with van der Waals surface area (Å²) in [5.74, 6) is 1.24. The molecule has 2 rings (SSSR count). The molecule has 1 fully saturated rings. The van der Waals surface area contributed by atoms with Crippen LogP contribution in [-0.2, 0) is 9.53 Å². The lowest BCUT2D eigenvalue weighted by Crippen LogP contribution is -2.29. The van der Waals surface area contributed by atoms with E-state index in [1.165, 1.54) is 6.42 Å². The number of nitrogen functional groups attached to an aromatic ring is 1. The average molecular weight is 290 g/mol. The van der Waals surface area contributed by atoms with Crippen molar-refractivity contribution in [3.05, 3.63) is 23.8 Å². The number of nitrogens with one attached hydrogen (secondary N) is 1. The van der Waals surface area contributed by atoms with Crippen LogP contribution >= 0.6 is 0 Å². The van der Waals surface area contributed by atoms with Gasteiger partial charge in [0.2, 0.25) is 5.91 Å². The molecule has 1 saturated carbocycles. The number of carbonyl (C=O) groups excluding carboxylic acids is 1. The van der Waals surface area contributed by atoms with Gasteiger partial charge in [-0.15, -0.1) is 0 Å². The zero-order valence-electron chi connectivity index (χ0n) is 13.2. The van der Waals surface area contributed by atoms with Crippen molar-refractivity contribution in [2.45, 2.75) is 46.1 Å². The number of aryl methyl sites for hydroxylation is 1. The Balaban J connectivity index is 1.83. The van der Waals surface area contributed by atoms with Gasteiger partial charge < -0.3 is 15.8 Å². The highest BCUT2D eigenvalue weighted by molar-refractivity contribution is 5.92. The van der Waals surface area contributed by atoms with Gasteiger partial charge in [0.15, 0.2) is 0 Å². The highest BCUT2D eigenvalue weighted by Gasteiger charge is 2.24. The van der Waals surface area contributed by atoms with E-state index in [1.54, 1.807) is 6.07 Å². The zero-order chi connectivity index (χ0) is 15.4. The number of ether oxygens (including phenoxy) is 1. The Morgan fingerprint density at radius 3 is 2.62 bits per heavy atom. The molecule has 0 heterocycles. The van der Waals surface area contributed by atoms with Crippen molar-refractivity contribution in [2.75, 3.05) is 17.7 Å². The van der Waals surface area contributed by atoms with Crippen molar-refractivity contribution >= 4 is 17.3 Å². The number of amides is 1. The van der Waals surface area contributed by atoms with Crippen molar-refractivity contribution in [2.24, 2.45) is 11.8 Å². The minimum atomic E-state index is -0.116. The van der Waals surface area contributed by atoms with Crippen LogP contribution in [0.5, 0.6) is 0 Å². The molecule has 0 spiro atoms. The van der Waals surface area contributed by atoms with E-state index < -0.39 is 0 Å². The molecule has 0 aliphatic heterocycles. The Kier molecular flexibility index (Phi) is 5.23. The van der Waals surface area contributed by atoms with E-state index in [1.807, 2.05) is 19.1 Å². The molecule has 21 heavy (non-hydrogen) atoms. The van der Waals surface area contributed by atoms with Crippen LogP contribution in [-0.4, -0.2) is 18.6 Å². The van der Waals surface area contributed by atoms with Crippen molar-refractivity contribution in [3.8, 4) is 0 Å². The highest BCUT2D eigenvalue weighted by atomic mass is 16.5. The molecule has 4 heteroatoms. The second-order valence-electron chi connectivity index (χ2n) is 6.47. The predicted molar refractivity (Wildman–Crippen MR) is 86.1 cm³/mol. The quantitative estimate of drug-likeness (QED) is 0.836. The molecule has 4 nitrogen and oxygen atoms in total. The second kappa shape index (κ2) is 6.94. The lowest BCUT2D eigenvalue weighted by atomic mass is 9.82. The third kappa shape index (κ3) is 4.74. The smallest absolute Gasteiger partial charge is 0.250 e. The van der Waals surface area contributed by atoms with Crippen LogP contribution in [0.15, 0.2) is 18.2 Å². The summed E-state index contributed by atoms with van der Waals surface area (Å²) >= 11 is 0. The number of hydrogen-bond acceptors (Lipinski definition) is 3. The number of hydrogen-bond donors (Lipinski definition) is 2. The summed E-state index contributed by atoms with van der Waals surface area (Å²) in [5.41, 5.74) is 8.14. The summed E-state index contributed by atoms with van der Waals surface area (Å²) in [6, 6.07) is 5.50. The molecule has 3 N–H and O–H groups in total. The van der Waals surface area contributed by atoms with Gasteiger partial charge in [0.1, 0.15) is 6.61 Å². The molecule has 1 aromatic rings. The van der Waals surface area contributed by atoms with Gasteiger partial charge in [-0.1, -0.05) is 19.9 Å². The van der Waals surface area contributed by atoms with Gasteiger partial charge in [-0.3, -0.25) is 4.79 Å². The molecule has 0 radical (unpaired) electrons. The van der Waals surface area contributed by atoms with E-state index in [4.69, 9.17) is 10.5 Å². The topological polar surface area (TPSA) is 64.3 Å². The third-order valence-corrected chi connectivity index (χ3v) is 4.12. The van der Waals surface area contributed by atoms with Gasteiger partial charge in [0.05, 0.1) is 6.10 Å². The van der Waals surface area contributed by atoms with Gasteiger partial charge >= 0.3 is 0 Å². The largest absolute Gasteiger partial charge is 0.399 e. The number of anilines is 2. The molecular weight excluding hydrogens is 264 g/mol. The lowest BCUT2D eigenvalue weighted by molar-refractivity contribution is -0.124. The maximum atomic E-state index is 12.0. The normalized spacial score (nSPS) is 25.6. The van der Waals surface area contributed by atoms with E-state index >= 15 is 0 Å². The Morgan fingerprint density at radius 1 is 1.29 bits per heavy atom. The molecule has 2 atom stereocenters. The second-order valence-corrected chi connectivity index (χ2v) is 6.47. The van der Waals surface area contributed by atoms with Crippen LogP contribution in [0.25, 0.3) is 0 Å². The standard InChI is InChI=1S/C17H26N2O2/c1-11-6-12(2)8-15(7-11)21-10-17(20)19-16-9-14(18)5-4-13(16)3/h4-5,9,11-12,15H,6-8,10,18H2,1-3H3,(H,19,20). The van der Waals surface area contributed by atoms with E-state index in [2.05, 4.69) is 19.2 Å². The van der Waals surface area contributed by atoms with Gasteiger partial charge in [-0.25, -0.2) is 0 Å². The van der Waals surface area contributed by atoms with E-state index in [9.17, 15) is 4.79 Å². The Bertz CT molecular complexity index is 492. The summed E-state index contributed by atoms with van der Waals surface area (Å²) in [4.78, 5) is 12.0. The Hall–Kier alpha value is -1.55. The molecule has 1 aromatic carbocycles. The van der Waals surface area contributed by atoms with Crippen LogP contribution in [0, 0.1) is 18.8 Å². The fourth-order valence-corrected chi connectivity index (χ4v) is 3.16. The van der Waals surface area contributed by atoms with Crippen LogP contribution in [0.2, 0.25) is 0 Å². The maximum absolute atomic E-state index is 12.0. The molecule has 0 bridgehead atoms. The number of rotatable bonds is 4. The summed E-state index contributed by atoms with van der Waals surface area (Å²) in [5, 5.41) is 2.87. The van der Waals surface area contributed by atoms with Gasteiger partial charge in [-0.05, 0) is 55.7 Å². The van der Waals surface area contributed by atoms with Crippen molar-refractivity contribution in [3.63, 3.8) is 0 Å². The fourth-order valence-electron chi connectivity index (χ4n) is 3.16. The molecule has 0 saturated heterocycles. The highest BCUT2D eigenvalue weighted by Crippen LogP contribution is 2.30. The van der Waals surface area contributed by atoms with Crippen molar-refractivity contribution in [1.82, 2.24) is 0 Å². The summed E-state index contributed by atoms with van der Waals surface area (Å²) < 4.78 is 5.78. The first-order valence-electron chi connectivity index (χ1n) is 7.71. The van der Waals surface area contributed by atoms with Crippen LogP contribution in [0.3, 0.4) is 0 Å². The first-order valence-corrected chi connectivity index (χ1v) is 7.71. The number of benzene rings is 1. The predicted octanol–water partition coefficient (Wildman–Crippen LogP) is 3.36.